The van der Waals surface area contributed by atoms with Crippen LogP contribution in [0.5, 0.6) is 0 Å². The zero-order valence-corrected chi connectivity index (χ0v) is 18.6. The van der Waals surface area contributed by atoms with Crippen LogP contribution in [0.4, 0.5) is 20.2 Å². The molecule has 166 valence electrons. The molecule has 0 unspecified atom stereocenters. The molecule has 0 saturated carbocycles. The van der Waals surface area contributed by atoms with Crippen LogP contribution in [0.1, 0.15) is 27.2 Å². The third kappa shape index (κ3) is 5.27. The molecule has 2 N–H and O–H groups in total. The van der Waals surface area contributed by atoms with Crippen molar-refractivity contribution in [2.24, 2.45) is 0 Å². The lowest BCUT2D eigenvalue weighted by atomic mass is 10.2. The molecular formula is C19H25F2N3O4S2. The molecule has 2 rings (SSSR count). The average molecular weight is 462 g/mol. The fourth-order valence-corrected chi connectivity index (χ4v) is 5.40. The summed E-state index contributed by atoms with van der Waals surface area (Å²) in [5.41, 5.74) is 0.279. The van der Waals surface area contributed by atoms with Crippen molar-refractivity contribution in [1.82, 2.24) is 4.31 Å². The minimum Gasteiger partial charge on any atom is -0.383 e. The molecule has 0 aromatic heterocycles. The van der Waals surface area contributed by atoms with Crippen LogP contribution in [-0.4, -0.2) is 40.8 Å². The fraction of sp³-hybridized carbons (Fsp3) is 0.368. The van der Waals surface area contributed by atoms with Crippen molar-refractivity contribution in [2.75, 3.05) is 29.7 Å². The summed E-state index contributed by atoms with van der Waals surface area (Å²) in [5, 5.41) is 3.01. The molecule has 0 radical (unpaired) electrons. The first kappa shape index (κ1) is 24.0. The monoisotopic (exact) mass is 461 g/mol. The standard InChI is InChI=1S/C19H25F2N3O4S2/c1-4-11-22-17-9-8-15(30(27,28)24(5-2)6-3)13-18(17)23-29(25,26)19-10-7-14(20)12-16(19)21/h7-10,12-13,22-23H,4-6,11H2,1-3H3. The van der Waals surface area contributed by atoms with Crippen LogP contribution in [0.3, 0.4) is 0 Å². The van der Waals surface area contributed by atoms with Gasteiger partial charge in [0.2, 0.25) is 10.0 Å². The molecular weight excluding hydrogens is 436 g/mol. The van der Waals surface area contributed by atoms with Gasteiger partial charge in [-0.15, -0.1) is 0 Å². The predicted octanol–water partition coefficient (Wildman–Crippen LogP) is 3.62. The van der Waals surface area contributed by atoms with Gasteiger partial charge in [0.1, 0.15) is 16.5 Å². The second-order valence-electron chi connectivity index (χ2n) is 6.40. The number of rotatable bonds is 10. The maximum absolute atomic E-state index is 14.0. The first-order valence-corrected chi connectivity index (χ1v) is 12.3. The minimum absolute atomic E-state index is 0.0552. The van der Waals surface area contributed by atoms with Gasteiger partial charge in [-0.2, -0.15) is 4.31 Å². The highest BCUT2D eigenvalue weighted by atomic mass is 32.2. The Morgan fingerprint density at radius 2 is 1.57 bits per heavy atom. The second kappa shape index (κ2) is 9.71. The molecule has 30 heavy (non-hydrogen) atoms. The molecule has 0 saturated heterocycles. The van der Waals surface area contributed by atoms with Gasteiger partial charge in [-0.3, -0.25) is 4.72 Å². The molecule has 0 heterocycles. The van der Waals surface area contributed by atoms with Gasteiger partial charge >= 0.3 is 0 Å². The Balaban J connectivity index is 2.55. The minimum atomic E-state index is -4.44. The molecule has 0 amide bonds. The number of hydrogen-bond donors (Lipinski definition) is 2. The van der Waals surface area contributed by atoms with Gasteiger partial charge in [0.05, 0.1) is 16.3 Å². The third-order valence-electron chi connectivity index (χ3n) is 4.33. The van der Waals surface area contributed by atoms with E-state index >= 15 is 0 Å². The number of anilines is 2. The van der Waals surface area contributed by atoms with Gasteiger partial charge in [0.25, 0.3) is 10.0 Å². The van der Waals surface area contributed by atoms with Crippen LogP contribution < -0.4 is 10.0 Å². The van der Waals surface area contributed by atoms with Gasteiger partial charge in [-0.05, 0) is 36.8 Å². The van der Waals surface area contributed by atoms with Crippen molar-refractivity contribution in [3.05, 3.63) is 48.0 Å². The number of sulfonamides is 2. The van der Waals surface area contributed by atoms with Crippen molar-refractivity contribution >= 4 is 31.4 Å². The second-order valence-corrected chi connectivity index (χ2v) is 9.99. The Morgan fingerprint density at radius 1 is 0.900 bits per heavy atom. The first-order chi connectivity index (χ1) is 14.1. The molecule has 0 spiro atoms. The molecule has 2 aromatic rings. The van der Waals surface area contributed by atoms with Crippen molar-refractivity contribution in [3.63, 3.8) is 0 Å². The first-order valence-electron chi connectivity index (χ1n) is 9.42. The van der Waals surface area contributed by atoms with E-state index in [1.165, 1.54) is 22.5 Å². The highest BCUT2D eigenvalue weighted by molar-refractivity contribution is 7.92. The number of nitrogens with one attached hydrogen (secondary N) is 2. The maximum Gasteiger partial charge on any atom is 0.264 e. The number of hydrogen-bond acceptors (Lipinski definition) is 5. The highest BCUT2D eigenvalue weighted by Gasteiger charge is 2.25. The summed E-state index contributed by atoms with van der Waals surface area (Å²) >= 11 is 0. The van der Waals surface area contributed by atoms with Gasteiger partial charge in [-0.1, -0.05) is 20.8 Å². The Kier molecular flexibility index (Phi) is 7.78. The average Bonchev–Trinajstić information content (AvgIpc) is 2.67. The van der Waals surface area contributed by atoms with Crippen LogP contribution in [0.15, 0.2) is 46.2 Å². The summed E-state index contributed by atoms with van der Waals surface area (Å²) < 4.78 is 81.7. The summed E-state index contributed by atoms with van der Waals surface area (Å²) in [6.07, 6.45) is 0.734. The van der Waals surface area contributed by atoms with Crippen LogP contribution in [0.2, 0.25) is 0 Å². The third-order valence-corrected chi connectivity index (χ3v) is 7.77. The van der Waals surface area contributed by atoms with E-state index in [2.05, 4.69) is 10.0 Å². The van der Waals surface area contributed by atoms with E-state index in [0.717, 1.165) is 18.6 Å². The van der Waals surface area contributed by atoms with Gasteiger partial charge in [0, 0.05) is 25.7 Å². The topological polar surface area (TPSA) is 95.6 Å². The maximum atomic E-state index is 14.0. The van der Waals surface area contributed by atoms with Crippen LogP contribution in [-0.2, 0) is 20.0 Å². The largest absolute Gasteiger partial charge is 0.383 e. The Hall–Kier alpha value is -2.24. The molecule has 0 atom stereocenters. The zero-order chi connectivity index (χ0) is 22.5. The van der Waals surface area contributed by atoms with Crippen molar-refractivity contribution in [1.29, 1.82) is 0 Å². The SMILES string of the molecule is CCCNc1ccc(S(=O)(=O)N(CC)CC)cc1NS(=O)(=O)c1ccc(F)cc1F. The molecule has 0 aliphatic carbocycles. The van der Waals surface area contributed by atoms with E-state index in [1.54, 1.807) is 13.8 Å². The van der Waals surface area contributed by atoms with E-state index in [0.29, 0.717) is 18.3 Å². The lowest BCUT2D eigenvalue weighted by molar-refractivity contribution is 0.445. The highest BCUT2D eigenvalue weighted by Crippen LogP contribution is 2.30. The lowest BCUT2D eigenvalue weighted by Gasteiger charge is -2.20. The number of halogens is 2. The van der Waals surface area contributed by atoms with Crippen molar-refractivity contribution in [3.8, 4) is 0 Å². The normalized spacial score (nSPS) is 12.2. The predicted molar refractivity (Wildman–Crippen MR) is 112 cm³/mol. The molecule has 0 fully saturated rings. The Labute approximate surface area is 176 Å². The summed E-state index contributed by atoms with van der Waals surface area (Å²) in [5.74, 6) is -2.17. The quantitative estimate of drug-likeness (QED) is 0.564. The molecule has 7 nitrogen and oxygen atoms in total. The van der Waals surface area contributed by atoms with Gasteiger partial charge in [-0.25, -0.2) is 25.6 Å². The van der Waals surface area contributed by atoms with Gasteiger partial charge < -0.3 is 5.32 Å². The van der Waals surface area contributed by atoms with Gasteiger partial charge in [0.15, 0.2) is 0 Å². The van der Waals surface area contributed by atoms with Crippen LogP contribution >= 0.6 is 0 Å². The number of benzene rings is 2. The number of nitrogens with zero attached hydrogens (tertiary/aromatic N) is 1. The zero-order valence-electron chi connectivity index (χ0n) is 16.9. The molecule has 0 bridgehead atoms. The Bertz CT molecular complexity index is 1100. The van der Waals surface area contributed by atoms with E-state index in [-0.39, 0.29) is 23.7 Å². The van der Waals surface area contributed by atoms with E-state index < -0.39 is 36.6 Å². The molecule has 0 aliphatic heterocycles. The van der Waals surface area contributed by atoms with E-state index in [4.69, 9.17) is 0 Å². The fourth-order valence-electron chi connectivity index (χ4n) is 2.79. The van der Waals surface area contributed by atoms with E-state index in [1.807, 2.05) is 6.92 Å². The molecule has 0 aliphatic rings. The summed E-state index contributed by atoms with van der Waals surface area (Å²) in [7, 11) is -8.29. The Morgan fingerprint density at radius 3 is 2.13 bits per heavy atom. The smallest absolute Gasteiger partial charge is 0.264 e. The molecule has 11 heteroatoms. The van der Waals surface area contributed by atoms with Crippen LogP contribution in [0, 0.1) is 11.6 Å². The summed E-state index contributed by atoms with van der Waals surface area (Å²) in [4.78, 5) is -0.854. The van der Waals surface area contributed by atoms with E-state index in [9.17, 15) is 25.6 Å². The van der Waals surface area contributed by atoms with Crippen LogP contribution in [0.25, 0.3) is 0 Å². The summed E-state index contributed by atoms with van der Waals surface area (Å²) in [6.45, 7) is 6.29. The summed E-state index contributed by atoms with van der Waals surface area (Å²) in [6, 6.07) is 6.11. The molecule has 2 aromatic carbocycles. The van der Waals surface area contributed by atoms with Crippen molar-refractivity contribution < 1.29 is 25.6 Å². The van der Waals surface area contributed by atoms with Crippen molar-refractivity contribution in [2.45, 2.75) is 37.0 Å². The lowest BCUT2D eigenvalue weighted by Crippen LogP contribution is -2.30.